The molecular formula is C13H19BrN2. The molecule has 0 radical (unpaired) electrons. The molecule has 0 saturated carbocycles. The van der Waals surface area contributed by atoms with Crippen LogP contribution in [-0.2, 0) is 0 Å². The Hall–Kier alpha value is -0.540. The zero-order valence-corrected chi connectivity index (χ0v) is 11.5. The van der Waals surface area contributed by atoms with E-state index in [9.17, 15) is 0 Å². The normalized spacial score (nSPS) is 22.5. The van der Waals surface area contributed by atoms with Gasteiger partial charge in [0.15, 0.2) is 0 Å². The molecule has 0 aliphatic carbocycles. The van der Waals surface area contributed by atoms with E-state index in [1.807, 2.05) is 6.92 Å². The quantitative estimate of drug-likeness (QED) is 0.900. The number of benzene rings is 1. The molecule has 1 heterocycles. The van der Waals surface area contributed by atoms with E-state index in [4.69, 9.17) is 5.73 Å². The second kappa shape index (κ2) is 4.76. The SMILES string of the molecule is CC(N)c1cc(Br)cc(N2CCC[C@H]2C)c1. The molecule has 3 heteroatoms. The lowest BCUT2D eigenvalue weighted by Gasteiger charge is -2.25. The van der Waals surface area contributed by atoms with Crippen LogP contribution in [0.3, 0.4) is 0 Å². The van der Waals surface area contributed by atoms with Crippen molar-refractivity contribution in [1.29, 1.82) is 0 Å². The van der Waals surface area contributed by atoms with Crippen molar-refractivity contribution < 1.29 is 0 Å². The second-order valence-electron chi connectivity index (χ2n) is 4.72. The molecule has 1 saturated heterocycles. The molecule has 88 valence electrons. The largest absolute Gasteiger partial charge is 0.369 e. The summed E-state index contributed by atoms with van der Waals surface area (Å²) in [6, 6.07) is 7.25. The summed E-state index contributed by atoms with van der Waals surface area (Å²) in [6.07, 6.45) is 2.58. The monoisotopic (exact) mass is 282 g/mol. The molecule has 0 spiro atoms. The Balaban J connectivity index is 2.33. The minimum atomic E-state index is 0.0918. The molecule has 1 fully saturated rings. The average Bonchev–Trinajstić information content (AvgIpc) is 2.63. The summed E-state index contributed by atoms with van der Waals surface area (Å²) in [7, 11) is 0. The average molecular weight is 283 g/mol. The van der Waals surface area contributed by atoms with Crippen LogP contribution in [0, 0.1) is 0 Å². The van der Waals surface area contributed by atoms with Crippen molar-refractivity contribution in [3.05, 3.63) is 28.2 Å². The van der Waals surface area contributed by atoms with Crippen LogP contribution < -0.4 is 10.6 Å². The van der Waals surface area contributed by atoms with Gasteiger partial charge < -0.3 is 10.6 Å². The summed E-state index contributed by atoms with van der Waals surface area (Å²) in [6.45, 7) is 5.48. The number of hydrogen-bond acceptors (Lipinski definition) is 2. The maximum atomic E-state index is 5.95. The van der Waals surface area contributed by atoms with Crippen LogP contribution in [0.15, 0.2) is 22.7 Å². The molecule has 0 aromatic heterocycles. The minimum absolute atomic E-state index is 0.0918. The topological polar surface area (TPSA) is 29.3 Å². The second-order valence-corrected chi connectivity index (χ2v) is 5.63. The zero-order valence-electron chi connectivity index (χ0n) is 9.91. The number of hydrogen-bond donors (Lipinski definition) is 1. The van der Waals surface area contributed by atoms with E-state index in [1.165, 1.54) is 24.1 Å². The van der Waals surface area contributed by atoms with E-state index in [-0.39, 0.29) is 6.04 Å². The first kappa shape index (κ1) is 11.9. The summed E-state index contributed by atoms with van der Waals surface area (Å²) in [5.74, 6) is 0. The predicted molar refractivity (Wildman–Crippen MR) is 72.8 cm³/mol. The van der Waals surface area contributed by atoms with Crippen LogP contribution in [0.1, 0.15) is 38.3 Å². The van der Waals surface area contributed by atoms with E-state index in [0.717, 1.165) is 11.0 Å². The van der Waals surface area contributed by atoms with Gasteiger partial charge in [0.1, 0.15) is 0 Å². The Labute approximate surface area is 106 Å². The third-order valence-electron chi connectivity index (χ3n) is 3.32. The maximum Gasteiger partial charge on any atom is 0.0383 e. The Kier molecular flexibility index (Phi) is 3.55. The first-order valence-corrected chi connectivity index (χ1v) is 6.70. The van der Waals surface area contributed by atoms with Gasteiger partial charge in [0.25, 0.3) is 0 Å². The lowest BCUT2D eigenvalue weighted by atomic mass is 10.1. The molecule has 16 heavy (non-hydrogen) atoms. The number of halogens is 1. The van der Waals surface area contributed by atoms with Crippen LogP contribution in [0.5, 0.6) is 0 Å². The van der Waals surface area contributed by atoms with Crippen LogP contribution in [0.25, 0.3) is 0 Å². The number of nitrogens with zero attached hydrogens (tertiary/aromatic N) is 1. The number of nitrogens with two attached hydrogens (primary N) is 1. The first-order chi connectivity index (χ1) is 7.58. The molecule has 1 aromatic rings. The lowest BCUT2D eigenvalue weighted by molar-refractivity contribution is 0.733. The van der Waals surface area contributed by atoms with Gasteiger partial charge in [0.2, 0.25) is 0 Å². The Morgan fingerprint density at radius 2 is 2.19 bits per heavy atom. The van der Waals surface area contributed by atoms with Gasteiger partial charge in [-0.3, -0.25) is 0 Å². The molecule has 1 aromatic carbocycles. The fourth-order valence-corrected chi connectivity index (χ4v) is 2.84. The van der Waals surface area contributed by atoms with E-state index in [1.54, 1.807) is 0 Å². The van der Waals surface area contributed by atoms with Crippen molar-refractivity contribution in [2.45, 2.75) is 38.8 Å². The molecule has 2 nitrogen and oxygen atoms in total. The van der Waals surface area contributed by atoms with Crippen LogP contribution >= 0.6 is 15.9 Å². The fourth-order valence-electron chi connectivity index (χ4n) is 2.34. The van der Waals surface area contributed by atoms with Crippen LogP contribution in [-0.4, -0.2) is 12.6 Å². The van der Waals surface area contributed by atoms with Crippen molar-refractivity contribution in [2.75, 3.05) is 11.4 Å². The summed E-state index contributed by atoms with van der Waals surface area (Å²) >= 11 is 3.57. The summed E-state index contributed by atoms with van der Waals surface area (Å²) in [5.41, 5.74) is 8.44. The van der Waals surface area contributed by atoms with Gasteiger partial charge in [0, 0.05) is 28.8 Å². The Morgan fingerprint density at radius 1 is 1.44 bits per heavy atom. The zero-order chi connectivity index (χ0) is 11.7. The predicted octanol–water partition coefficient (Wildman–Crippen LogP) is 3.46. The Morgan fingerprint density at radius 3 is 2.75 bits per heavy atom. The number of rotatable bonds is 2. The Bertz CT molecular complexity index is 376. The molecule has 0 bridgehead atoms. The molecule has 1 aliphatic rings. The smallest absolute Gasteiger partial charge is 0.0383 e. The highest BCUT2D eigenvalue weighted by Crippen LogP contribution is 2.30. The maximum absolute atomic E-state index is 5.95. The summed E-state index contributed by atoms with van der Waals surface area (Å²) in [4.78, 5) is 2.47. The molecule has 1 aliphatic heterocycles. The van der Waals surface area contributed by atoms with E-state index >= 15 is 0 Å². The molecular weight excluding hydrogens is 264 g/mol. The van der Waals surface area contributed by atoms with Gasteiger partial charge in [-0.25, -0.2) is 0 Å². The van der Waals surface area contributed by atoms with Gasteiger partial charge in [0.05, 0.1) is 0 Å². The van der Waals surface area contributed by atoms with Crippen LogP contribution in [0.4, 0.5) is 5.69 Å². The summed E-state index contributed by atoms with van der Waals surface area (Å²) < 4.78 is 1.12. The van der Waals surface area contributed by atoms with Gasteiger partial charge in [-0.2, -0.15) is 0 Å². The van der Waals surface area contributed by atoms with Crippen molar-refractivity contribution >= 4 is 21.6 Å². The minimum Gasteiger partial charge on any atom is -0.369 e. The van der Waals surface area contributed by atoms with E-state index in [0.29, 0.717) is 6.04 Å². The molecule has 2 N–H and O–H groups in total. The van der Waals surface area contributed by atoms with E-state index < -0.39 is 0 Å². The van der Waals surface area contributed by atoms with Crippen LogP contribution in [0.2, 0.25) is 0 Å². The van der Waals surface area contributed by atoms with Gasteiger partial charge in [-0.05, 0) is 50.5 Å². The fraction of sp³-hybridized carbons (Fsp3) is 0.538. The highest BCUT2D eigenvalue weighted by molar-refractivity contribution is 9.10. The van der Waals surface area contributed by atoms with Gasteiger partial charge in [-0.15, -0.1) is 0 Å². The van der Waals surface area contributed by atoms with Crippen molar-refractivity contribution in [3.63, 3.8) is 0 Å². The number of anilines is 1. The third-order valence-corrected chi connectivity index (χ3v) is 3.77. The molecule has 2 rings (SSSR count). The molecule has 2 atom stereocenters. The standard InChI is InChI=1S/C13H19BrN2/c1-9-4-3-5-16(9)13-7-11(10(2)15)6-12(14)8-13/h6-10H,3-5,15H2,1-2H3/t9-,10?/m1/s1. The third kappa shape index (κ3) is 2.41. The van der Waals surface area contributed by atoms with Crippen molar-refractivity contribution in [1.82, 2.24) is 0 Å². The highest BCUT2D eigenvalue weighted by Gasteiger charge is 2.21. The highest BCUT2D eigenvalue weighted by atomic mass is 79.9. The van der Waals surface area contributed by atoms with Crippen molar-refractivity contribution in [3.8, 4) is 0 Å². The molecule has 1 unspecified atom stereocenters. The first-order valence-electron chi connectivity index (χ1n) is 5.90. The van der Waals surface area contributed by atoms with Gasteiger partial charge >= 0.3 is 0 Å². The van der Waals surface area contributed by atoms with Crippen molar-refractivity contribution in [2.24, 2.45) is 5.73 Å². The van der Waals surface area contributed by atoms with Gasteiger partial charge in [-0.1, -0.05) is 15.9 Å². The molecule has 0 amide bonds. The van der Waals surface area contributed by atoms with E-state index in [2.05, 4.69) is 46.0 Å². The lowest BCUT2D eigenvalue weighted by Crippen LogP contribution is -2.26. The summed E-state index contributed by atoms with van der Waals surface area (Å²) in [5, 5.41) is 0.